The van der Waals surface area contributed by atoms with E-state index >= 15 is 0 Å². The molecule has 3 rings (SSSR count). The molecule has 0 atom stereocenters. The molecule has 0 bridgehead atoms. The van der Waals surface area contributed by atoms with Gasteiger partial charge in [0.2, 0.25) is 5.88 Å². The molecular weight excluding hydrogens is 549 g/mol. The van der Waals surface area contributed by atoms with Crippen LogP contribution >= 0.6 is 11.6 Å². The van der Waals surface area contributed by atoms with Crippen molar-refractivity contribution in [3.8, 4) is 5.88 Å². The molecule has 0 radical (unpaired) electrons. The van der Waals surface area contributed by atoms with Crippen LogP contribution in [0.3, 0.4) is 0 Å². The summed E-state index contributed by atoms with van der Waals surface area (Å²) in [7, 11) is 1.45. The number of carboxylic acid groups (broad SMARTS) is 1. The summed E-state index contributed by atoms with van der Waals surface area (Å²) >= 11 is 6.53. The van der Waals surface area contributed by atoms with Gasteiger partial charge in [0.15, 0.2) is 5.69 Å². The maximum absolute atomic E-state index is 14.5. The molecule has 0 aliphatic heterocycles. The quantitative estimate of drug-likeness (QED) is 0.362. The van der Waals surface area contributed by atoms with Crippen LogP contribution in [0.5, 0.6) is 5.88 Å². The number of carbonyl (C=O) groups excluding carboxylic acids is 1. The fourth-order valence-electron chi connectivity index (χ4n) is 5.28. The van der Waals surface area contributed by atoms with Crippen LogP contribution in [-0.4, -0.2) is 56.8 Å². The zero-order chi connectivity index (χ0) is 30.0. The molecule has 8 nitrogen and oxygen atoms in total. The van der Waals surface area contributed by atoms with E-state index in [4.69, 9.17) is 16.3 Å². The second-order valence-corrected chi connectivity index (χ2v) is 12.3. The highest BCUT2D eigenvalue weighted by Gasteiger charge is 2.45. The topological polar surface area (TPSA) is 97.5 Å². The first-order valence-electron chi connectivity index (χ1n) is 13.4. The third-order valence-electron chi connectivity index (χ3n) is 7.55. The lowest BCUT2D eigenvalue weighted by Gasteiger charge is -2.35. The van der Waals surface area contributed by atoms with Crippen molar-refractivity contribution in [2.75, 3.05) is 20.2 Å². The number of nitrogens with zero attached hydrogens (tertiary/aromatic N) is 4. The summed E-state index contributed by atoms with van der Waals surface area (Å²) in [6.45, 7) is 9.59. The molecule has 0 unspecified atom stereocenters. The molecule has 2 aromatic heterocycles. The molecule has 2 heterocycles. The number of alkyl halides is 3. The van der Waals surface area contributed by atoms with Crippen LogP contribution in [0.4, 0.5) is 13.2 Å². The second kappa shape index (κ2) is 12.0. The van der Waals surface area contributed by atoms with Gasteiger partial charge in [-0.25, -0.2) is 4.98 Å². The van der Waals surface area contributed by atoms with Crippen LogP contribution in [0.1, 0.15) is 93.5 Å². The number of aryl methyl sites for hydroxylation is 1. The average molecular weight is 587 g/mol. The molecule has 40 heavy (non-hydrogen) atoms. The summed E-state index contributed by atoms with van der Waals surface area (Å²) in [4.78, 5) is 31.0. The first-order chi connectivity index (χ1) is 18.5. The number of amides is 1. The van der Waals surface area contributed by atoms with E-state index in [1.54, 1.807) is 13.1 Å². The van der Waals surface area contributed by atoms with Crippen molar-refractivity contribution < 1.29 is 32.6 Å². The van der Waals surface area contributed by atoms with Gasteiger partial charge in [0, 0.05) is 19.3 Å². The Hall–Kier alpha value is -2.82. The number of halogens is 4. The van der Waals surface area contributed by atoms with Gasteiger partial charge in [0.05, 0.1) is 30.3 Å². The van der Waals surface area contributed by atoms with Gasteiger partial charge in [-0.1, -0.05) is 39.3 Å². The lowest BCUT2D eigenvalue weighted by atomic mass is 9.74. The third-order valence-corrected chi connectivity index (χ3v) is 7.94. The molecule has 1 fully saturated rings. The molecule has 0 aromatic carbocycles. The first kappa shape index (κ1) is 31.7. The van der Waals surface area contributed by atoms with E-state index in [0.29, 0.717) is 17.9 Å². The molecule has 1 N–H and O–H groups in total. The molecule has 1 amide bonds. The minimum absolute atomic E-state index is 0.124. The summed E-state index contributed by atoms with van der Waals surface area (Å²) in [6, 6.07) is -0.656. The van der Waals surface area contributed by atoms with Gasteiger partial charge in [-0.15, -0.1) is 0 Å². The Bertz CT molecular complexity index is 1230. The molecular formula is C28H38ClF3N4O4. The molecule has 1 aliphatic rings. The van der Waals surface area contributed by atoms with Crippen LogP contribution in [0.15, 0.2) is 12.4 Å². The van der Waals surface area contributed by atoms with Crippen molar-refractivity contribution in [2.24, 2.45) is 10.8 Å². The minimum atomic E-state index is -4.83. The summed E-state index contributed by atoms with van der Waals surface area (Å²) in [5, 5.41) is 13.9. The standard InChI is InChI=1S/C28H38ClF3N4O4/c1-7-17-14-33-23(40-6)21(29)19(17)10-13-35(16-26(2,3)4)24(37)20-15-34-36(22(20)28(30,31)32)18-8-11-27(5,12-9-18)25(38)39/h14-15,18H,7-13,16H2,1-6H3,(H,38,39). The van der Waals surface area contributed by atoms with Gasteiger partial charge >= 0.3 is 12.1 Å². The first-order valence-corrected chi connectivity index (χ1v) is 13.8. The van der Waals surface area contributed by atoms with E-state index in [1.807, 2.05) is 27.7 Å². The van der Waals surface area contributed by atoms with Gasteiger partial charge in [-0.2, -0.15) is 18.3 Å². The monoisotopic (exact) mass is 586 g/mol. The summed E-state index contributed by atoms with van der Waals surface area (Å²) in [5.74, 6) is -1.49. The predicted octanol–water partition coefficient (Wildman–Crippen LogP) is 6.46. The number of methoxy groups -OCH3 is 1. The molecule has 1 aliphatic carbocycles. The maximum atomic E-state index is 14.5. The summed E-state index contributed by atoms with van der Waals surface area (Å²) in [5.41, 5.74) is -1.40. The fourth-order valence-corrected chi connectivity index (χ4v) is 5.62. The van der Waals surface area contributed by atoms with Crippen molar-refractivity contribution in [3.63, 3.8) is 0 Å². The van der Waals surface area contributed by atoms with Crippen LogP contribution in [-0.2, 0) is 23.8 Å². The number of hydrogen-bond donors (Lipinski definition) is 1. The van der Waals surface area contributed by atoms with Crippen LogP contribution in [0.2, 0.25) is 5.02 Å². The maximum Gasteiger partial charge on any atom is 0.433 e. The summed E-state index contributed by atoms with van der Waals surface area (Å²) < 4.78 is 49.5. The highest BCUT2D eigenvalue weighted by atomic mass is 35.5. The van der Waals surface area contributed by atoms with Crippen LogP contribution in [0.25, 0.3) is 0 Å². The van der Waals surface area contributed by atoms with Gasteiger partial charge in [0.1, 0.15) is 5.02 Å². The second-order valence-electron chi connectivity index (χ2n) is 11.9. The van der Waals surface area contributed by atoms with Crippen molar-refractivity contribution in [3.05, 3.63) is 39.8 Å². The smallest absolute Gasteiger partial charge is 0.433 e. The SMILES string of the molecule is CCc1cnc(OC)c(Cl)c1CCN(CC(C)(C)C)C(=O)c1cnn(C2CCC(C)(C(=O)O)CC2)c1C(F)(F)F. The largest absolute Gasteiger partial charge is 0.481 e. The fraction of sp³-hybridized carbons (Fsp3) is 0.643. The van der Waals surface area contributed by atoms with Crippen molar-refractivity contribution >= 4 is 23.5 Å². The van der Waals surface area contributed by atoms with E-state index in [2.05, 4.69) is 10.1 Å². The Balaban J connectivity index is 1.96. The Kier molecular flexibility index (Phi) is 9.48. The minimum Gasteiger partial charge on any atom is -0.481 e. The van der Waals surface area contributed by atoms with Crippen molar-refractivity contribution in [1.82, 2.24) is 19.7 Å². The zero-order valence-corrected chi connectivity index (χ0v) is 24.6. The Morgan fingerprint density at radius 2 is 1.85 bits per heavy atom. The highest BCUT2D eigenvalue weighted by molar-refractivity contribution is 6.32. The summed E-state index contributed by atoms with van der Waals surface area (Å²) in [6.07, 6.45) is -0.378. The normalized spacial score (nSPS) is 19.9. The molecule has 1 saturated carbocycles. The van der Waals surface area contributed by atoms with Crippen LogP contribution < -0.4 is 4.74 Å². The van der Waals surface area contributed by atoms with Gasteiger partial charge < -0.3 is 14.7 Å². The van der Waals surface area contributed by atoms with E-state index in [9.17, 15) is 27.9 Å². The average Bonchev–Trinajstić information content (AvgIpc) is 3.32. The molecule has 2 aromatic rings. The van der Waals surface area contributed by atoms with Crippen molar-refractivity contribution in [2.45, 2.75) is 85.4 Å². The molecule has 222 valence electrons. The van der Waals surface area contributed by atoms with Gasteiger partial charge in [-0.3, -0.25) is 14.3 Å². The Labute approximate surface area is 237 Å². The Morgan fingerprint density at radius 1 is 1.23 bits per heavy atom. The lowest BCUT2D eigenvalue weighted by molar-refractivity contribution is -0.152. The van der Waals surface area contributed by atoms with E-state index in [0.717, 1.165) is 22.0 Å². The molecule has 12 heteroatoms. The van der Waals surface area contributed by atoms with Gasteiger partial charge in [-0.05, 0) is 62.0 Å². The number of aromatic nitrogens is 3. The number of pyridine rings is 1. The number of rotatable bonds is 9. The van der Waals surface area contributed by atoms with Crippen LogP contribution in [0, 0.1) is 10.8 Å². The van der Waals surface area contributed by atoms with E-state index < -0.39 is 46.2 Å². The van der Waals surface area contributed by atoms with Crippen molar-refractivity contribution in [1.29, 1.82) is 0 Å². The lowest BCUT2D eigenvalue weighted by Crippen LogP contribution is -2.40. The zero-order valence-electron chi connectivity index (χ0n) is 23.9. The molecule has 0 saturated heterocycles. The Morgan fingerprint density at radius 3 is 2.35 bits per heavy atom. The number of ether oxygens (including phenoxy) is 1. The number of aliphatic carboxylic acids is 1. The number of carboxylic acids is 1. The number of hydrogen-bond acceptors (Lipinski definition) is 5. The van der Waals surface area contributed by atoms with E-state index in [-0.39, 0.29) is 44.7 Å². The third kappa shape index (κ3) is 6.90. The number of carbonyl (C=O) groups is 2. The molecule has 0 spiro atoms. The highest BCUT2D eigenvalue weighted by Crippen LogP contribution is 2.43. The van der Waals surface area contributed by atoms with E-state index in [1.165, 1.54) is 12.0 Å². The predicted molar refractivity (Wildman–Crippen MR) is 145 cm³/mol. The van der Waals surface area contributed by atoms with Gasteiger partial charge in [0.25, 0.3) is 5.91 Å².